The highest BCUT2D eigenvalue weighted by molar-refractivity contribution is 9.10. The Balaban J connectivity index is 2.02. The van der Waals surface area contributed by atoms with Gasteiger partial charge in [-0.3, -0.25) is 4.79 Å². The Morgan fingerprint density at radius 3 is 3.12 bits per heavy atom. The first-order valence-corrected chi connectivity index (χ1v) is 10.0. The van der Waals surface area contributed by atoms with E-state index in [0.29, 0.717) is 18.4 Å². The average molecular weight is 453 g/mol. The lowest BCUT2D eigenvalue weighted by Gasteiger charge is -2.18. The van der Waals surface area contributed by atoms with E-state index in [1.54, 1.807) is 6.26 Å². The highest BCUT2D eigenvalue weighted by Gasteiger charge is 2.23. The molecule has 0 aliphatic carbocycles. The molecule has 1 saturated heterocycles. The van der Waals surface area contributed by atoms with Crippen LogP contribution in [0.1, 0.15) is 6.42 Å². The number of thioether (sulfide) groups is 1. The third kappa shape index (κ3) is 3.95. The van der Waals surface area contributed by atoms with E-state index in [1.165, 1.54) is 11.8 Å². The number of aromatic nitrogens is 2. The van der Waals surface area contributed by atoms with E-state index in [-0.39, 0.29) is 38.8 Å². The summed E-state index contributed by atoms with van der Waals surface area (Å²) < 4.78 is 25.8. The lowest BCUT2D eigenvalue weighted by molar-refractivity contribution is 0.114. The zero-order valence-electron chi connectivity index (χ0n) is 13.3. The zero-order chi connectivity index (χ0) is 18.0. The highest BCUT2D eigenvalue weighted by Crippen LogP contribution is 2.40. The number of benzene rings is 1. The number of nitrogens with one attached hydrogen (secondary N) is 2. The second-order valence-corrected chi connectivity index (χ2v) is 7.43. The number of halogens is 3. The lowest BCUT2D eigenvalue weighted by Crippen LogP contribution is -2.37. The third-order valence-electron chi connectivity index (χ3n) is 3.76. The van der Waals surface area contributed by atoms with Gasteiger partial charge in [-0.2, -0.15) is 0 Å². The molecule has 0 amide bonds. The van der Waals surface area contributed by atoms with Crippen LogP contribution in [-0.2, 0) is 4.74 Å². The first-order chi connectivity index (χ1) is 12.0. The minimum Gasteiger partial charge on any atom is -0.489 e. The molecule has 0 saturated carbocycles. The minimum absolute atomic E-state index is 0.00181. The molecule has 2 aromatic rings. The maximum absolute atomic E-state index is 14.5. The van der Waals surface area contributed by atoms with Crippen molar-refractivity contribution >= 4 is 50.2 Å². The molecule has 0 spiro atoms. The summed E-state index contributed by atoms with van der Waals surface area (Å²) in [5.74, 6) is -0.581. The van der Waals surface area contributed by atoms with Crippen molar-refractivity contribution in [2.45, 2.75) is 17.6 Å². The molecular formula is C15H16BrClFN3O3S. The smallest absolute Gasteiger partial charge is 0.263 e. The maximum Gasteiger partial charge on any atom is 0.263 e. The summed E-state index contributed by atoms with van der Waals surface area (Å²) in [7, 11) is 0. The molecule has 2 heterocycles. The fourth-order valence-corrected chi connectivity index (χ4v) is 3.50. The molecule has 0 radical (unpaired) electrons. The van der Waals surface area contributed by atoms with Crippen molar-refractivity contribution in [2.75, 3.05) is 32.6 Å². The van der Waals surface area contributed by atoms with Gasteiger partial charge in [0, 0.05) is 6.61 Å². The van der Waals surface area contributed by atoms with Crippen LogP contribution in [0, 0.1) is 5.82 Å². The Hall–Kier alpha value is -0.870. The monoisotopic (exact) mass is 451 g/mol. The number of hydrogen-bond acceptors (Lipinski definition) is 6. The molecule has 6 nitrogen and oxygen atoms in total. The summed E-state index contributed by atoms with van der Waals surface area (Å²) in [6.45, 7) is 2.23. The Morgan fingerprint density at radius 1 is 1.56 bits per heavy atom. The van der Waals surface area contributed by atoms with Gasteiger partial charge in [0.05, 0.1) is 17.1 Å². The number of H-pyrrole nitrogens is 1. The van der Waals surface area contributed by atoms with Gasteiger partial charge in [-0.1, -0.05) is 23.4 Å². The molecule has 10 heteroatoms. The largest absolute Gasteiger partial charge is 0.489 e. The van der Waals surface area contributed by atoms with Crippen molar-refractivity contribution in [3.63, 3.8) is 0 Å². The van der Waals surface area contributed by atoms with Crippen molar-refractivity contribution in [1.82, 2.24) is 15.3 Å². The molecule has 2 N–H and O–H groups in total. The molecule has 1 aromatic heterocycles. The Labute approximate surface area is 160 Å². The number of ether oxygens (including phenoxy) is 2. The summed E-state index contributed by atoms with van der Waals surface area (Å²) in [6, 6.07) is -0.0463. The van der Waals surface area contributed by atoms with Gasteiger partial charge in [-0.15, -0.1) is 0 Å². The average Bonchev–Trinajstić information content (AvgIpc) is 2.88. The van der Waals surface area contributed by atoms with E-state index < -0.39 is 11.4 Å². The second kappa shape index (κ2) is 8.22. The molecule has 1 aliphatic heterocycles. The van der Waals surface area contributed by atoms with Crippen LogP contribution in [0.2, 0.25) is 5.02 Å². The minimum atomic E-state index is -0.690. The summed E-state index contributed by atoms with van der Waals surface area (Å²) in [6.07, 6.45) is 2.66. The molecule has 136 valence electrons. The highest BCUT2D eigenvalue weighted by atomic mass is 79.9. The quantitative estimate of drug-likeness (QED) is 0.422. The summed E-state index contributed by atoms with van der Waals surface area (Å²) in [5, 5.41) is 3.61. The SMILES string of the molecule is CSc1nc2c(F)c(Br)c(Cl)c(OC[C@@H]3COCCCN3)c2c(=O)[nH]1. The van der Waals surface area contributed by atoms with E-state index in [2.05, 4.69) is 31.2 Å². The van der Waals surface area contributed by atoms with Crippen molar-refractivity contribution in [3.05, 3.63) is 25.7 Å². The van der Waals surface area contributed by atoms with Crippen molar-refractivity contribution in [2.24, 2.45) is 0 Å². The molecule has 0 bridgehead atoms. The van der Waals surface area contributed by atoms with Crippen LogP contribution in [0.25, 0.3) is 10.9 Å². The predicted molar refractivity (Wildman–Crippen MR) is 99.5 cm³/mol. The van der Waals surface area contributed by atoms with Gasteiger partial charge >= 0.3 is 0 Å². The normalized spacial score (nSPS) is 18.3. The predicted octanol–water partition coefficient (Wildman–Crippen LogP) is 2.96. The van der Waals surface area contributed by atoms with Crippen LogP contribution in [-0.4, -0.2) is 48.6 Å². The Morgan fingerprint density at radius 2 is 2.36 bits per heavy atom. The molecule has 1 aliphatic rings. The number of hydrogen-bond donors (Lipinski definition) is 2. The third-order valence-corrected chi connectivity index (χ3v) is 5.67. The lowest BCUT2D eigenvalue weighted by atomic mass is 10.2. The van der Waals surface area contributed by atoms with E-state index in [4.69, 9.17) is 21.1 Å². The maximum atomic E-state index is 14.5. The van der Waals surface area contributed by atoms with Crippen LogP contribution in [0.5, 0.6) is 5.75 Å². The number of fused-ring (bicyclic) bond motifs is 1. The molecule has 25 heavy (non-hydrogen) atoms. The first-order valence-electron chi connectivity index (χ1n) is 7.61. The van der Waals surface area contributed by atoms with Crippen LogP contribution >= 0.6 is 39.3 Å². The van der Waals surface area contributed by atoms with Crippen LogP contribution in [0.3, 0.4) is 0 Å². The van der Waals surface area contributed by atoms with Crippen LogP contribution in [0.4, 0.5) is 4.39 Å². The van der Waals surface area contributed by atoms with E-state index in [9.17, 15) is 9.18 Å². The molecule has 0 unspecified atom stereocenters. The summed E-state index contributed by atoms with van der Waals surface area (Å²) in [4.78, 5) is 19.2. The van der Waals surface area contributed by atoms with Gasteiger partial charge in [-0.25, -0.2) is 9.37 Å². The molecule has 1 atom stereocenters. The van der Waals surface area contributed by atoms with Gasteiger partial charge in [0.1, 0.15) is 22.5 Å². The summed E-state index contributed by atoms with van der Waals surface area (Å²) >= 11 is 10.5. The molecule has 1 fully saturated rings. The topological polar surface area (TPSA) is 76.2 Å². The van der Waals surface area contributed by atoms with Crippen molar-refractivity contribution < 1.29 is 13.9 Å². The van der Waals surface area contributed by atoms with E-state index in [1.807, 2.05) is 0 Å². The fraction of sp³-hybridized carbons (Fsp3) is 0.467. The fourth-order valence-electron chi connectivity index (χ4n) is 2.52. The molecular weight excluding hydrogens is 437 g/mol. The van der Waals surface area contributed by atoms with Gasteiger partial charge < -0.3 is 19.8 Å². The van der Waals surface area contributed by atoms with Gasteiger partial charge in [0.2, 0.25) is 0 Å². The van der Waals surface area contributed by atoms with Crippen molar-refractivity contribution in [3.8, 4) is 5.75 Å². The van der Waals surface area contributed by atoms with Gasteiger partial charge in [0.25, 0.3) is 5.56 Å². The summed E-state index contributed by atoms with van der Waals surface area (Å²) in [5.41, 5.74) is -0.577. The second-order valence-electron chi connectivity index (χ2n) is 5.46. The molecule has 1 aromatic carbocycles. The number of nitrogens with zero attached hydrogens (tertiary/aromatic N) is 1. The first kappa shape index (κ1) is 18.9. The standard InChI is InChI=1S/C15H16BrClFN3O3S/c1-25-15-20-12-8(14(22)21-15)13(10(17)9(16)11(12)18)24-6-7-5-23-4-2-3-19-7/h7,19H,2-6H2,1H3,(H,20,21,22)/t7-/m0/s1. The van der Waals surface area contributed by atoms with Crippen LogP contribution in [0.15, 0.2) is 14.4 Å². The van der Waals surface area contributed by atoms with Crippen LogP contribution < -0.4 is 15.6 Å². The number of rotatable bonds is 4. The Kier molecular flexibility index (Phi) is 6.21. The number of aromatic amines is 1. The van der Waals surface area contributed by atoms with Crippen molar-refractivity contribution in [1.29, 1.82) is 0 Å². The zero-order valence-corrected chi connectivity index (χ0v) is 16.5. The van der Waals surface area contributed by atoms with Gasteiger partial charge in [0.15, 0.2) is 16.7 Å². The van der Waals surface area contributed by atoms with E-state index >= 15 is 0 Å². The van der Waals surface area contributed by atoms with Gasteiger partial charge in [-0.05, 0) is 35.2 Å². The van der Waals surface area contributed by atoms with E-state index in [0.717, 1.165) is 13.0 Å². The Bertz CT molecular complexity index is 843. The molecule has 3 rings (SSSR count).